The van der Waals surface area contributed by atoms with Gasteiger partial charge in [-0.25, -0.2) is 4.99 Å². The molecule has 3 fully saturated rings. The monoisotopic (exact) mass is 768 g/mol. The summed E-state index contributed by atoms with van der Waals surface area (Å²) < 4.78 is 32.6. The first-order chi connectivity index (χ1) is 25.8. The Morgan fingerprint density at radius 3 is 2.35 bits per heavy atom. The molecule has 12 nitrogen and oxygen atoms in total. The van der Waals surface area contributed by atoms with Gasteiger partial charge in [0, 0.05) is 30.5 Å². The van der Waals surface area contributed by atoms with E-state index < -0.39 is 83.2 Å². The molecule has 3 aliphatic heterocycles. The number of allylic oxidation sites excluding steroid dienone is 2. The van der Waals surface area contributed by atoms with E-state index >= 15 is 0 Å². The highest BCUT2D eigenvalue weighted by Gasteiger charge is 2.53. The molecule has 3 aliphatic rings. The lowest BCUT2D eigenvalue weighted by atomic mass is 9.73. The SMILES string of the molecule is CC[C@H]1OC(=O)[C@H](C)C(=O)[C@H](C)C(O[C@@H]2O[C@H](C)C[C@H](N(C)C)C2O)[C@@]2(C)CC(C)C(=NC(C)=O)C(C)C(OC/C(=C/C=C/c3ccccc3)CO2)[C@]1(C)O. The zero-order chi connectivity index (χ0) is 40.8. The normalized spacial score (nSPS) is 40.1. The number of esters is 1. The molecular formula is C43H64N2O10. The van der Waals surface area contributed by atoms with Crippen LogP contribution in [-0.4, -0.2) is 120 Å². The Bertz CT molecular complexity index is 1570. The summed E-state index contributed by atoms with van der Waals surface area (Å²) in [7, 11) is 3.77. The minimum Gasteiger partial charge on any atom is -0.459 e. The van der Waals surface area contributed by atoms with Crippen molar-refractivity contribution in [2.24, 2.45) is 28.7 Å². The number of Topliss-reactive ketones (excluding diaryl/α,β-unsaturated/α-hetero) is 1. The molecule has 0 spiro atoms. The average Bonchev–Trinajstić information content (AvgIpc) is 3.14. The first-order valence-corrected chi connectivity index (χ1v) is 19.7. The van der Waals surface area contributed by atoms with E-state index in [0.29, 0.717) is 17.7 Å². The predicted octanol–water partition coefficient (Wildman–Crippen LogP) is 5.19. The summed E-state index contributed by atoms with van der Waals surface area (Å²) in [5.74, 6) is -4.98. The van der Waals surface area contributed by atoms with Crippen LogP contribution in [0.4, 0.5) is 0 Å². The summed E-state index contributed by atoms with van der Waals surface area (Å²) in [5.41, 5.74) is -0.903. The Morgan fingerprint density at radius 2 is 1.73 bits per heavy atom. The number of cyclic esters (lactones) is 1. The number of carbonyl (C=O) groups is 3. The van der Waals surface area contributed by atoms with Crippen molar-refractivity contribution in [3.8, 4) is 0 Å². The maximum atomic E-state index is 14.5. The molecule has 4 rings (SSSR count). The number of ketones is 1. The lowest BCUT2D eigenvalue weighted by molar-refractivity contribution is -0.296. The Hall–Kier alpha value is -3.10. The van der Waals surface area contributed by atoms with Crippen molar-refractivity contribution in [1.82, 2.24) is 4.90 Å². The Balaban J connectivity index is 1.97. The number of aliphatic hydroxyl groups excluding tert-OH is 1. The summed E-state index contributed by atoms with van der Waals surface area (Å²) in [5, 5.41) is 24.0. The third-order valence-corrected chi connectivity index (χ3v) is 11.6. The highest BCUT2D eigenvalue weighted by molar-refractivity contribution is 6.00. The van der Waals surface area contributed by atoms with Gasteiger partial charge in [0.15, 0.2) is 12.1 Å². The molecule has 0 aromatic heterocycles. The van der Waals surface area contributed by atoms with E-state index in [9.17, 15) is 24.6 Å². The van der Waals surface area contributed by atoms with E-state index in [-0.39, 0.29) is 38.2 Å². The van der Waals surface area contributed by atoms with Crippen LogP contribution >= 0.6 is 0 Å². The molecule has 306 valence electrons. The molecular weight excluding hydrogens is 704 g/mol. The van der Waals surface area contributed by atoms with Gasteiger partial charge in [0.25, 0.3) is 0 Å². The summed E-state index contributed by atoms with van der Waals surface area (Å²) in [4.78, 5) is 47.5. The standard InChI is InChI=1S/C43H64N2O10/c1-12-34-43(9,50)39-27(4)35(44-30(7)46)25(2)22-42(8,52-24-32(23-51-39)20-16-19-31-17-14-13-15-18-31)38(28(5)36(47)29(6)40(49)54-34)55-41-37(48)33(45(10)11)21-26(3)53-41/h13-20,25-29,33-34,37-39,41,48,50H,12,21-24H2,1-11H3/b19-16+,32-20-,44-35?/t25?,26-,27?,28+,29-,33+,34-,37?,38?,39?,41+,42-,43-/m1/s1. The number of nitrogens with zero attached hydrogens (tertiary/aromatic N) is 2. The number of aliphatic imine (C=N–C) groups is 1. The zero-order valence-corrected chi connectivity index (χ0v) is 34.6. The van der Waals surface area contributed by atoms with Gasteiger partial charge in [0.1, 0.15) is 23.7 Å². The minimum absolute atomic E-state index is 0.00930. The molecule has 0 saturated carbocycles. The fraction of sp³-hybridized carbons (Fsp3) is 0.674. The largest absolute Gasteiger partial charge is 0.459 e. The number of benzene rings is 1. The van der Waals surface area contributed by atoms with Crippen LogP contribution in [0.5, 0.6) is 0 Å². The van der Waals surface area contributed by atoms with Gasteiger partial charge in [-0.15, -0.1) is 0 Å². The van der Waals surface area contributed by atoms with Crippen LogP contribution in [0.25, 0.3) is 6.08 Å². The second kappa shape index (κ2) is 18.9. The number of likely N-dealkylation sites (N-methyl/N-ethyl adjacent to an activating group) is 1. The number of rotatable bonds is 6. The molecule has 12 heteroatoms. The zero-order valence-electron chi connectivity index (χ0n) is 34.6. The number of fused-ring (bicyclic) bond motifs is 5. The number of hydrogen-bond donors (Lipinski definition) is 2. The molecule has 3 heterocycles. The van der Waals surface area contributed by atoms with E-state index in [0.717, 1.165) is 5.56 Å². The van der Waals surface area contributed by atoms with Crippen LogP contribution in [0, 0.1) is 23.7 Å². The van der Waals surface area contributed by atoms with Crippen LogP contribution in [-0.2, 0) is 38.1 Å². The molecule has 1 amide bonds. The van der Waals surface area contributed by atoms with Crippen LogP contribution in [0.15, 0.2) is 53.0 Å². The van der Waals surface area contributed by atoms with Gasteiger partial charge in [0.2, 0.25) is 5.91 Å². The number of ether oxygens (including phenoxy) is 5. The van der Waals surface area contributed by atoms with Crippen LogP contribution in [0.1, 0.15) is 87.1 Å². The second-order valence-corrected chi connectivity index (χ2v) is 16.5. The van der Waals surface area contributed by atoms with Gasteiger partial charge in [0.05, 0.1) is 37.1 Å². The van der Waals surface area contributed by atoms with E-state index in [1.54, 1.807) is 20.8 Å². The van der Waals surface area contributed by atoms with E-state index in [1.165, 1.54) is 13.8 Å². The molecule has 3 saturated heterocycles. The first kappa shape index (κ1) is 44.6. The topological polar surface area (TPSA) is 153 Å². The second-order valence-electron chi connectivity index (χ2n) is 16.5. The fourth-order valence-electron chi connectivity index (χ4n) is 8.53. The van der Waals surface area contributed by atoms with Gasteiger partial charge >= 0.3 is 5.97 Å². The van der Waals surface area contributed by atoms with E-state index in [2.05, 4.69) is 4.99 Å². The van der Waals surface area contributed by atoms with Gasteiger partial charge in [-0.05, 0) is 78.1 Å². The molecule has 2 N–H and O–H groups in total. The first-order valence-electron chi connectivity index (χ1n) is 19.7. The van der Waals surface area contributed by atoms with Crippen molar-refractivity contribution in [1.29, 1.82) is 0 Å². The summed E-state index contributed by atoms with van der Waals surface area (Å²) in [6.45, 7) is 15.5. The molecule has 5 unspecified atom stereocenters. The van der Waals surface area contributed by atoms with Gasteiger partial charge in [-0.2, -0.15) is 0 Å². The van der Waals surface area contributed by atoms with E-state index in [1.807, 2.05) is 95.3 Å². The molecule has 0 aliphatic carbocycles. The van der Waals surface area contributed by atoms with Crippen molar-refractivity contribution < 1.29 is 48.3 Å². The van der Waals surface area contributed by atoms with Gasteiger partial charge < -0.3 is 38.8 Å². The number of aliphatic hydroxyl groups is 2. The van der Waals surface area contributed by atoms with Gasteiger partial charge in [-0.3, -0.25) is 14.4 Å². The van der Waals surface area contributed by atoms with Crippen molar-refractivity contribution in [3.63, 3.8) is 0 Å². The maximum Gasteiger partial charge on any atom is 0.316 e. The van der Waals surface area contributed by atoms with E-state index in [4.69, 9.17) is 23.7 Å². The summed E-state index contributed by atoms with van der Waals surface area (Å²) >= 11 is 0. The van der Waals surface area contributed by atoms with Crippen LogP contribution < -0.4 is 0 Å². The number of hydrogen-bond acceptors (Lipinski definition) is 11. The highest BCUT2D eigenvalue weighted by atomic mass is 16.7. The smallest absolute Gasteiger partial charge is 0.316 e. The quantitative estimate of drug-likeness (QED) is 0.291. The van der Waals surface area contributed by atoms with Crippen molar-refractivity contribution >= 4 is 29.4 Å². The molecule has 1 aromatic rings. The third kappa shape index (κ3) is 10.7. The Labute approximate surface area is 327 Å². The summed E-state index contributed by atoms with van der Waals surface area (Å²) in [6, 6.07) is 9.54. The average molecular weight is 769 g/mol. The molecule has 13 atom stereocenters. The molecule has 1 aromatic carbocycles. The maximum absolute atomic E-state index is 14.5. The van der Waals surface area contributed by atoms with Crippen LogP contribution in [0.3, 0.4) is 0 Å². The Morgan fingerprint density at radius 1 is 1.05 bits per heavy atom. The van der Waals surface area contributed by atoms with Crippen LogP contribution in [0.2, 0.25) is 0 Å². The highest BCUT2D eigenvalue weighted by Crippen LogP contribution is 2.40. The molecule has 2 bridgehead atoms. The summed E-state index contributed by atoms with van der Waals surface area (Å²) in [6.07, 6.45) is 1.13. The van der Waals surface area contributed by atoms with Gasteiger partial charge in [-0.1, -0.05) is 76.3 Å². The lowest BCUT2D eigenvalue weighted by Crippen LogP contribution is -2.60. The molecule has 55 heavy (non-hydrogen) atoms. The van der Waals surface area contributed by atoms with Crippen molar-refractivity contribution in [2.45, 2.75) is 136 Å². The molecule has 0 radical (unpaired) electrons. The fourth-order valence-corrected chi connectivity index (χ4v) is 8.53. The minimum atomic E-state index is -1.78. The predicted molar refractivity (Wildman–Crippen MR) is 210 cm³/mol. The number of amides is 1. The van der Waals surface area contributed by atoms with Crippen molar-refractivity contribution in [2.75, 3.05) is 27.3 Å². The van der Waals surface area contributed by atoms with Crippen molar-refractivity contribution in [3.05, 3.63) is 53.6 Å². The number of carbonyl (C=O) groups excluding carboxylic acids is 3. The Kier molecular flexibility index (Phi) is 15.3. The third-order valence-electron chi connectivity index (χ3n) is 11.6. The lowest BCUT2D eigenvalue weighted by Gasteiger charge is -2.47.